The summed E-state index contributed by atoms with van der Waals surface area (Å²) in [6.45, 7) is -0.409. The maximum absolute atomic E-state index is 13.4. The normalized spacial score (nSPS) is 10.8. The number of hydrogen-bond acceptors (Lipinski definition) is 15. The molecule has 0 saturated heterocycles. The van der Waals surface area contributed by atoms with Crippen LogP contribution in [0.1, 0.15) is 33.9 Å². The van der Waals surface area contributed by atoms with Crippen molar-refractivity contribution in [1.82, 2.24) is 39.5 Å². The molecular weight excluding hydrogens is 869 g/mol. The first-order valence-corrected chi connectivity index (χ1v) is 17.0. The molecule has 6 aromatic rings. The Morgan fingerprint density at radius 1 is 0.705 bits per heavy atom. The Balaban J connectivity index is 0.000000228. The van der Waals surface area contributed by atoms with Crippen molar-refractivity contribution in [2.24, 2.45) is 0 Å². The quantitative estimate of drug-likeness (QED) is 0.147. The predicted octanol–water partition coefficient (Wildman–Crippen LogP) is 6.51. The van der Waals surface area contributed by atoms with E-state index in [0.717, 1.165) is 23.0 Å². The third kappa shape index (κ3) is 12.6. The summed E-state index contributed by atoms with van der Waals surface area (Å²) in [7, 11) is 2.82. The lowest BCUT2D eigenvalue weighted by atomic mass is 10.2. The van der Waals surface area contributed by atoms with Gasteiger partial charge in [-0.15, -0.1) is 0 Å². The van der Waals surface area contributed by atoms with Crippen LogP contribution in [0.15, 0.2) is 83.4 Å². The maximum atomic E-state index is 13.4. The van der Waals surface area contributed by atoms with E-state index in [1.807, 2.05) is 4.98 Å². The Hall–Kier alpha value is -7.34. The average molecular weight is 894 g/mol. The minimum atomic E-state index is -4.96. The Bertz CT molecular complexity index is 2680. The molecule has 0 atom stereocenters. The molecule has 0 aliphatic rings. The highest BCUT2D eigenvalue weighted by molar-refractivity contribution is 6.31. The van der Waals surface area contributed by atoms with Crippen molar-refractivity contribution in [3.05, 3.63) is 138 Å². The van der Waals surface area contributed by atoms with Gasteiger partial charge in [-0.3, -0.25) is 24.1 Å². The maximum Gasteiger partial charge on any atom is 0.437 e. The molecule has 2 N–H and O–H groups in total. The average Bonchev–Trinajstić information content (AvgIpc) is 3.22. The van der Waals surface area contributed by atoms with Crippen LogP contribution in [0, 0.1) is 22.7 Å². The molecule has 0 radical (unpaired) electrons. The zero-order chi connectivity index (χ0) is 44.9. The molecule has 0 fully saturated rings. The van der Waals surface area contributed by atoms with Crippen molar-refractivity contribution in [2.75, 3.05) is 14.2 Å². The van der Waals surface area contributed by atoms with Gasteiger partial charge in [0.25, 0.3) is 11.1 Å². The molecule has 25 heteroatoms. The van der Waals surface area contributed by atoms with Gasteiger partial charge in [-0.1, -0.05) is 23.2 Å². The van der Waals surface area contributed by atoms with Gasteiger partial charge >= 0.3 is 12.4 Å². The number of halogens is 8. The lowest BCUT2D eigenvalue weighted by molar-refractivity contribution is -0.143. The van der Waals surface area contributed by atoms with E-state index in [9.17, 15) is 35.9 Å². The van der Waals surface area contributed by atoms with Crippen LogP contribution < -0.4 is 30.1 Å². The summed E-state index contributed by atoms with van der Waals surface area (Å²) in [5, 5.41) is 26.6. The molecular formula is C36H24Cl2F6N10O7. The van der Waals surface area contributed by atoms with E-state index < -0.39 is 46.4 Å². The summed E-state index contributed by atoms with van der Waals surface area (Å²) >= 11 is 11.6. The Morgan fingerprint density at radius 2 is 1.18 bits per heavy atom. The summed E-state index contributed by atoms with van der Waals surface area (Å²) in [4.78, 5) is 48.3. The van der Waals surface area contributed by atoms with Gasteiger partial charge in [-0.25, -0.2) is 19.9 Å². The number of benzene rings is 2. The van der Waals surface area contributed by atoms with E-state index in [2.05, 4.69) is 29.9 Å². The summed E-state index contributed by atoms with van der Waals surface area (Å²) in [6, 6.07) is 10.8. The van der Waals surface area contributed by atoms with Crippen LogP contribution >= 0.6 is 23.2 Å². The molecule has 0 spiro atoms. The number of nitrogens with zero attached hydrogens (tertiary/aromatic N) is 9. The first kappa shape index (κ1) is 46.4. The standard InChI is InChI=1S/C18H11ClF3N5O3.C12H5ClF3N3O2.C6H8N2O2/c1-29-16-13(24-2-3-25-16)8-27-9-26-15(18(20,21)22)14(17(27)28)30-12-5-10(7-23)4-11(19)6-12;13-7-1-6(4-17)2-8(3-7)21-9-10(12(14,15)16)18-5-19-11(9)20;1-10-6-5(4-9)7-2-3-8-6/h2-6,9H,8H2,1H3;1-3,5H,(H,18,19,20);2-3,9H,4H2,1H3. The summed E-state index contributed by atoms with van der Waals surface area (Å²) in [5.41, 5.74) is -4.43. The van der Waals surface area contributed by atoms with Crippen molar-refractivity contribution in [1.29, 1.82) is 10.5 Å². The Kier molecular flexibility index (Phi) is 15.6. The molecule has 0 bridgehead atoms. The first-order chi connectivity index (χ1) is 28.9. The Labute approximate surface area is 348 Å². The number of nitriles is 2. The lowest BCUT2D eigenvalue weighted by Crippen LogP contribution is -2.27. The summed E-state index contributed by atoms with van der Waals surface area (Å²) < 4.78 is 99.5. The van der Waals surface area contributed by atoms with Crippen LogP contribution in [-0.2, 0) is 25.5 Å². The summed E-state index contributed by atoms with van der Waals surface area (Å²) in [6.07, 6.45) is -2.76. The van der Waals surface area contributed by atoms with Crippen molar-refractivity contribution >= 4 is 23.2 Å². The third-order valence-corrected chi connectivity index (χ3v) is 7.55. The number of nitrogens with one attached hydrogen (secondary N) is 1. The van der Waals surface area contributed by atoms with Gasteiger partial charge in [0, 0.05) is 34.8 Å². The second kappa shape index (κ2) is 20.6. The number of aliphatic hydroxyl groups excluding tert-OH is 1. The van der Waals surface area contributed by atoms with Gasteiger partial charge in [-0.05, 0) is 36.4 Å². The number of H-pyrrole nitrogens is 1. The zero-order valence-electron chi connectivity index (χ0n) is 30.8. The first-order valence-electron chi connectivity index (χ1n) is 16.3. The van der Waals surface area contributed by atoms with Crippen LogP contribution in [0.5, 0.6) is 34.8 Å². The predicted molar refractivity (Wildman–Crippen MR) is 198 cm³/mol. The number of methoxy groups -OCH3 is 2. The molecule has 61 heavy (non-hydrogen) atoms. The topological polar surface area (TPSA) is 237 Å². The second-order valence-electron chi connectivity index (χ2n) is 11.2. The van der Waals surface area contributed by atoms with Gasteiger partial charge in [0.05, 0.1) is 63.3 Å². The van der Waals surface area contributed by atoms with Gasteiger partial charge < -0.3 is 29.0 Å². The van der Waals surface area contributed by atoms with E-state index in [-0.39, 0.29) is 57.4 Å². The zero-order valence-corrected chi connectivity index (χ0v) is 32.3. The highest BCUT2D eigenvalue weighted by Crippen LogP contribution is 2.36. The number of hydrogen-bond donors (Lipinski definition) is 2. The van der Waals surface area contributed by atoms with E-state index in [0.29, 0.717) is 17.9 Å². The molecule has 2 aromatic carbocycles. The second-order valence-corrected chi connectivity index (χ2v) is 12.1. The highest BCUT2D eigenvalue weighted by Gasteiger charge is 2.39. The van der Waals surface area contributed by atoms with E-state index in [1.54, 1.807) is 12.1 Å². The molecule has 4 heterocycles. The minimum Gasteiger partial charge on any atom is -0.480 e. The number of rotatable bonds is 9. The smallest absolute Gasteiger partial charge is 0.437 e. The van der Waals surface area contributed by atoms with Crippen molar-refractivity contribution in [2.45, 2.75) is 25.5 Å². The van der Waals surface area contributed by atoms with E-state index in [1.165, 1.54) is 63.3 Å². The van der Waals surface area contributed by atoms with Crippen LogP contribution in [0.4, 0.5) is 26.3 Å². The fraction of sp³-hybridized carbons (Fsp3) is 0.167. The fourth-order valence-corrected chi connectivity index (χ4v) is 5.05. The minimum absolute atomic E-state index is 0.0413. The largest absolute Gasteiger partial charge is 0.480 e. The van der Waals surface area contributed by atoms with Crippen molar-refractivity contribution in [3.8, 4) is 46.9 Å². The number of aromatic nitrogens is 8. The molecule has 0 aliphatic carbocycles. The molecule has 0 saturated carbocycles. The van der Waals surface area contributed by atoms with Crippen LogP contribution in [0.25, 0.3) is 0 Å². The summed E-state index contributed by atoms with van der Waals surface area (Å²) in [5.74, 6) is -2.01. The van der Waals surface area contributed by atoms with Gasteiger partial charge in [0.2, 0.25) is 23.3 Å². The molecule has 0 aliphatic heterocycles. The van der Waals surface area contributed by atoms with Gasteiger partial charge in [0.1, 0.15) is 22.9 Å². The van der Waals surface area contributed by atoms with Crippen LogP contribution in [-0.4, -0.2) is 58.8 Å². The van der Waals surface area contributed by atoms with Crippen molar-refractivity contribution in [3.63, 3.8) is 0 Å². The monoisotopic (exact) mass is 892 g/mol. The molecule has 4 aromatic heterocycles. The highest BCUT2D eigenvalue weighted by atomic mass is 35.5. The number of ether oxygens (including phenoxy) is 4. The van der Waals surface area contributed by atoms with E-state index >= 15 is 0 Å². The lowest BCUT2D eigenvalue weighted by Gasteiger charge is -2.15. The fourth-order valence-electron chi connectivity index (χ4n) is 4.60. The van der Waals surface area contributed by atoms with Gasteiger partial charge in [0.15, 0.2) is 11.4 Å². The third-order valence-electron chi connectivity index (χ3n) is 7.11. The number of aliphatic hydroxyl groups is 1. The van der Waals surface area contributed by atoms with E-state index in [4.69, 9.17) is 57.8 Å². The van der Waals surface area contributed by atoms with Crippen molar-refractivity contribution < 1.29 is 50.4 Å². The SMILES string of the molecule is COc1nccnc1CO.COc1nccnc1Cn1cnc(C(F)(F)F)c(Oc2cc(Cl)cc(C#N)c2)c1=O.N#Cc1cc(Cl)cc(Oc2c(C(F)(F)F)nc[nH]c2=O)c1. The molecule has 17 nitrogen and oxygen atoms in total. The Morgan fingerprint density at radius 3 is 1.66 bits per heavy atom. The van der Waals surface area contributed by atoms with Gasteiger partial charge in [-0.2, -0.15) is 36.9 Å². The van der Waals surface area contributed by atoms with Crippen LogP contribution in [0.3, 0.4) is 0 Å². The molecule has 316 valence electrons. The molecule has 0 unspecified atom stereocenters. The van der Waals surface area contributed by atoms with Crippen LogP contribution in [0.2, 0.25) is 10.0 Å². The number of aromatic amines is 1. The molecule has 6 rings (SSSR count). The number of alkyl halides is 6. The molecule has 0 amide bonds.